The minimum Gasteiger partial charge on any atom is -0.480 e. The minimum atomic E-state index is -3.09. The Morgan fingerprint density at radius 2 is 1.95 bits per heavy atom. The number of urea groups is 1. The van der Waals surface area contributed by atoms with Crippen LogP contribution in [0.4, 0.5) is 4.79 Å². The van der Waals surface area contributed by atoms with E-state index >= 15 is 0 Å². The Bertz CT molecular complexity index is 483. The van der Waals surface area contributed by atoms with Gasteiger partial charge in [-0.05, 0) is 32.1 Å². The number of carbonyl (C=O) groups is 2. The third kappa shape index (κ3) is 2.83. The molecule has 1 atom stereocenters. The Labute approximate surface area is 111 Å². The van der Waals surface area contributed by atoms with Gasteiger partial charge in [0, 0.05) is 6.54 Å². The van der Waals surface area contributed by atoms with E-state index in [2.05, 4.69) is 10.6 Å². The molecule has 0 radical (unpaired) electrons. The number of carboxylic acids is 1. The molecule has 1 saturated carbocycles. The predicted molar refractivity (Wildman–Crippen MR) is 67.6 cm³/mol. The molecule has 0 aromatic rings. The summed E-state index contributed by atoms with van der Waals surface area (Å²) in [6.07, 6.45) is 2.76. The van der Waals surface area contributed by atoms with Gasteiger partial charge < -0.3 is 15.7 Å². The number of hydrogen-bond acceptors (Lipinski definition) is 4. The molecular weight excluding hydrogens is 272 g/mol. The zero-order valence-corrected chi connectivity index (χ0v) is 11.3. The summed E-state index contributed by atoms with van der Waals surface area (Å²) in [5.74, 6) is -0.873. The maximum Gasteiger partial charge on any atom is 0.329 e. The SMILES string of the molecule is O=C(NCC1CCCS1(=O)=O)NC1(C(=O)O)CCC1. The van der Waals surface area contributed by atoms with Crippen molar-refractivity contribution in [3.8, 4) is 0 Å². The van der Waals surface area contributed by atoms with Gasteiger partial charge in [0.15, 0.2) is 9.84 Å². The van der Waals surface area contributed by atoms with Crippen LogP contribution in [-0.4, -0.2) is 48.6 Å². The first-order chi connectivity index (χ1) is 8.86. The molecule has 2 fully saturated rings. The van der Waals surface area contributed by atoms with Gasteiger partial charge in [-0.3, -0.25) is 0 Å². The summed E-state index contributed by atoms with van der Waals surface area (Å²) in [6, 6.07) is -0.607. The second-order valence-corrected chi connectivity index (χ2v) is 7.61. The molecule has 1 heterocycles. The Morgan fingerprint density at radius 1 is 1.26 bits per heavy atom. The summed E-state index contributed by atoms with van der Waals surface area (Å²) >= 11 is 0. The summed E-state index contributed by atoms with van der Waals surface area (Å²) in [6.45, 7) is 0.0455. The Morgan fingerprint density at radius 3 is 2.37 bits per heavy atom. The molecule has 0 bridgehead atoms. The summed E-state index contributed by atoms with van der Waals surface area (Å²) in [7, 11) is -3.09. The van der Waals surface area contributed by atoms with E-state index in [0.717, 1.165) is 6.42 Å². The van der Waals surface area contributed by atoms with Crippen molar-refractivity contribution in [2.24, 2.45) is 0 Å². The summed E-state index contributed by atoms with van der Waals surface area (Å²) in [5.41, 5.74) is -1.17. The third-order valence-corrected chi connectivity index (χ3v) is 6.20. The lowest BCUT2D eigenvalue weighted by molar-refractivity contribution is -0.148. The van der Waals surface area contributed by atoms with Crippen molar-refractivity contribution in [3.63, 3.8) is 0 Å². The molecule has 1 unspecified atom stereocenters. The number of carboxylic acid groups (broad SMARTS) is 1. The largest absolute Gasteiger partial charge is 0.480 e. The van der Waals surface area contributed by atoms with E-state index in [4.69, 9.17) is 5.11 Å². The van der Waals surface area contributed by atoms with Crippen LogP contribution in [0.5, 0.6) is 0 Å². The van der Waals surface area contributed by atoms with Crippen LogP contribution >= 0.6 is 0 Å². The topological polar surface area (TPSA) is 113 Å². The predicted octanol–water partition coefficient (Wildman–Crippen LogP) is -0.130. The van der Waals surface area contributed by atoms with Crippen molar-refractivity contribution in [1.29, 1.82) is 0 Å². The smallest absolute Gasteiger partial charge is 0.329 e. The van der Waals surface area contributed by atoms with Crippen LogP contribution in [0.3, 0.4) is 0 Å². The molecule has 2 rings (SSSR count). The molecule has 3 N–H and O–H groups in total. The molecule has 2 amide bonds. The van der Waals surface area contributed by atoms with Gasteiger partial charge in [0.2, 0.25) is 0 Å². The lowest BCUT2D eigenvalue weighted by Gasteiger charge is -2.38. The number of sulfone groups is 1. The first-order valence-electron chi connectivity index (χ1n) is 6.37. The summed E-state index contributed by atoms with van der Waals surface area (Å²) < 4.78 is 23.1. The highest BCUT2D eigenvalue weighted by atomic mass is 32.2. The average Bonchev–Trinajstić information content (AvgIpc) is 2.59. The van der Waals surface area contributed by atoms with Gasteiger partial charge in [-0.15, -0.1) is 0 Å². The van der Waals surface area contributed by atoms with Crippen LogP contribution in [0.15, 0.2) is 0 Å². The lowest BCUT2D eigenvalue weighted by Crippen LogP contribution is -2.61. The normalized spacial score (nSPS) is 27.3. The highest BCUT2D eigenvalue weighted by Crippen LogP contribution is 2.31. The van der Waals surface area contributed by atoms with Crippen molar-refractivity contribution in [3.05, 3.63) is 0 Å². The Kier molecular flexibility index (Phi) is 3.71. The van der Waals surface area contributed by atoms with Crippen molar-refractivity contribution in [1.82, 2.24) is 10.6 Å². The van der Waals surface area contributed by atoms with Crippen LogP contribution in [0, 0.1) is 0 Å². The van der Waals surface area contributed by atoms with Crippen molar-refractivity contribution in [2.75, 3.05) is 12.3 Å². The standard InChI is InChI=1S/C11H18N2O5S/c14-9(15)11(4-2-5-11)13-10(16)12-7-8-3-1-6-19(8,17)18/h8H,1-7H2,(H,14,15)(H2,12,13,16). The fraction of sp³-hybridized carbons (Fsp3) is 0.818. The molecule has 0 aromatic carbocycles. The third-order valence-electron chi connectivity index (χ3n) is 3.92. The fourth-order valence-corrected chi connectivity index (χ4v) is 4.24. The maximum absolute atomic E-state index is 11.6. The average molecular weight is 290 g/mol. The van der Waals surface area contributed by atoms with E-state index < -0.39 is 32.6 Å². The molecule has 108 valence electrons. The van der Waals surface area contributed by atoms with Crippen LogP contribution in [-0.2, 0) is 14.6 Å². The van der Waals surface area contributed by atoms with Crippen molar-refractivity contribution >= 4 is 21.8 Å². The van der Waals surface area contributed by atoms with Gasteiger partial charge in [-0.2, -0.15) is 0 Å². The van der Waals surface area contributed by atoms with Gasteiger partial charge in [-0.25, -0.2) is 18.0 Å². The number of rotatable bonds is 4. The number of amides is 2. The number of aliphatic carboxylic acids is 1. The number of hydrogen-bond donors (Lipinski definition) is 3. The van der Waals surface area contributed by atoms with E-state index in [-0.39, 0.29) is 12.3 Å². The fourth-order valence-electron chi connectivity index (χ4n) is 2.48. The Balaban J connectivity index is 1.84. The molecule has 19 heavy (non-hydrogen) atoms. The molecule has 1 aliphatic heterocycles. The van der Waals surface area contributed by atoms with E-state index in [0.29, 0.717) is 25.7 Å². The van der Waals surface area contributed by atoms with E-state index in [1.54, 1.807) is 0 Å². The summed E-state index contributed by atoms with van der Waals surface area (Å²) in [4.78, 5) is 22.7. The quantitative estimate of drug-likeness (QED) is 0.667. The molecule has 7 nitrogen and oxygen atoms in total. The molecule has 0 aromatic heterocycles. The van der Waals surface area contributed by atoms with Crippen molar-refractivity contribution in [2.45, 2.75) is 42.9 Å². The first kappa shape index (κ1) is 14.1. The summed E-state index contributed by atoms with van der Waals surface area (Å²) in [5, 5.41) is 13.4. The highest BCUT2D eigenvalue weighted by molar-refractivity contribution is 7.92. The van der Waals surface area contributed by atoms with Gasteiger partial charge in [-0.1, -0.05) is 0 Å². The van der Waals surface area contributed by atoms with Crippen LogP contribution in [0.1, 0.15) is 32.1 Å². The zero-order valence-electron chi connectivity index (χ0n) is 10.5. The molecule has 0 spiro atoms. The van der Waals surface area contributed by atoms with Crippen LogP contribution in [0.25, 0.3) is 0 Å². The second-order valence-electron chi connectivity index (χ2n) is 5.21. The van der Waals surface area contributed by atoms with E-state index in [1.807, 2.05) is 0 Å². The van der Waals surface area contributed by atoms with Crippen LogP contribution in [0.2, 0.25) is 0 Å². The van der Waals surface area contributed by atoms with E-state index in [1.165, 1.54) is 0 Å². The van der Waals surface area contributed by atoms with Crippen molar-refractivity contribution < 1.29 is 23.1 Å². The van der Waals surface area contributed by atoms with Crippen LogP contribution < -0.4 is 10.6 Å². The number of nitrogens with one attached hydrogen (secondary N) is 2. The maximum atomic E-state index is 11.6. The minimum absolute atomic E-state index is 0.0455. The highest BCUT2D eigenvalue weighted by Gasteiger charge is 2.45. The lowest BCUT2D eigenvalue weighted by atomic mass is 9.77. The first-order valence-corrected chi connectivity index (χ1v) is 8.08. The number of carbonyl (C=O) groups excluding carboxylic acids is 1. The van der Waals surface area contributed by atoms with Gasteiger partial charge in [0.05, 0.1) is 11.0 Å². The Hall–Kier alpha value is -1.31. The molecular formula is C11H18N2O5S. The second kappa shape index (κ2) is 4.99. The van der Waals surface area contributed by atoms with Gasteiger partial charge in [0.1, 0.15) is 5.54 Å². The zero-order chi connectivity index (χ0) is 14.1. The van der Waals surface area contributed by atoms with Gasteiger partial charge in [0.25, 0.3) is 0 Å². The van der Waals surface area contributed by atoms with Gasteiger partial charge >= 0.3 is 12.0 Å². The molecule has 1 aliphatic carbocycles. The molecule has 2 aliphatic rings. The molecule has 1 saturated heterocycles. The van der Waals surface area contributed by atoms with E-state index in [9.17, 15) is 18.0 Å². The molecule has 8 heteroatoms. The monoisotopic (exact) mass is 290 g/mol.